The van der Waals surface area contributed by atoms with Crippen LogP contribution in [0.3, 0.4) is 0 Å². The van der Waals surface area contributed by atoms with E-state index in [2.05, 4.69) is 0 Å². The lowest BCUT2D eigenvalue weighted by Crippen LogP contribution is -2.10. The summed E-state index contributed by atoms with van der Waals surface area (Å²) in [5.41, 5.74) is 12.8. The number of carbonyl (C=O) groups is 1. The summed E-state index contributed by atoms with van der Waals surface area (Å²) < 4.78 is 12.9. The Morgan fingerprint density at radius 3 is 2.42 bits per heavy atom. The minimum absolute atomic E-state index is 0.340. The highest BCUT2D eigenvalue weighted by Gasteiger charge is 2.03. The third-order valence-corrected chi connectivity index (χ3v) is 3.77. The molecular weight excluding hydrogens is 263 g/mol. The van der Waals surface area contributed by atoms with Crippen molar-refractivity contribution in [1.82, 2.24) is 0 Å². The number of hydrogen-bond donors (Lipinski definition) is 2. The van der Waals surface area contributed by atoms with Gasteiger partial charge in [-0.05, 0) is 35.9 Å². The topological polar surface area (TPSA) is 69.1 Å². The monoisotopic (exact) mass is 276 g/mol. The van der Waals surface area contributed by atoms with Crippen LogP contribution in [0.25, 0.3) is 0 Å². The highest BCUT2D eigenvalue weighted by atomic mass is 32.2. The number of thioether (sulfide) groups is 1. The summed E-state index contributed by atoms with van der Waals surface area (Å²) in [7, 11) is 0. The Balaban J connectivity index is 2.04. The predicted octanol–water partition coefficient (Wildman–Crippen LogP) is 2.80. The second-order valence-electron chi connectivity index (χ2n) is 4.03. The highest BCUT2D eigenvalue weighted by molar-refractivity contribution is 7.98. The maximum Gasteiger partial charge on any atom is 0.248 e. The van der Waals surface area contributed by atoms with Gasteiger partial charge in [0.1, 0.15) is 5.82 Å². The van der Waals surface area contributed by atoms with Crippen molar-refractivity contribution >= 4 is 23.4 Å². The first-order valence-corrected chi connectivity index (χ1v) is 6.61. The standard InChI is InChI=1S/C14H13FN2OS/c15-11-5-6-13(12(16)7-11)19-8-9-1-3-10(4-2-9)14(17)18/h1-7H,8,16H2,(H2,17,18). The number of anilines is 1. The molecule has 0 aromatic heterocycles. The van der Waals surface area contributed by atoms with Crippen molar-refractivity contribution in [3.63, 3.8) is 0 Å². The Bertz CT molecular complexity index is 599. The van der Waals surface area contributed by atoms with E-state index in [0.717, 1.165) is 10.5 Å². The molecule has 0 aliphatic heterocycles. The van der Waals surface area contributed by atoms with Gasteiger partial charge in [0.05, 0.1) is 0 Å². The lowest BCUT2D eigenvalue weighted by molar-refractivity contribution is 0.100. The smallest absolute Gasteiger partial charge is 0.248 e. The average Bonchev–Trinajstić information content (AvgIpc) is 2.38. The Hall–Kier alpha value is -2.01. The molecule has 4 N–H and O–H groups in total. The van der Waals surface area contributed by atoms with Crippen LogP contribution in [0.2, 0.25) is 0 Å². The molecule has 0 aliphatic carbocycles. The highest BCUT2D eigenvalue weighted by Crippen LogP contribution is 2.28. The first-order valence-electron chi connectivity index (χ1n) is 5.63. The van der Waals surface area contributed by atoms with Gasteiger partial charge < -0.3 is 11.5 Å². The van der Waals surface area contributed by atoms with Crippen LogP contribution in [0.5, 0.6) is 0 Å². The third kappa shape index (κ3) is 3.48. The van der Waals surface area contributed by atoms with Crippen LogP contribution in [0.1, 0.15) is 15.9 Å². The molecule has 19 heavy (non-hydrogen) atoms. The maximum absolute atomic E-state index is 12.9. The molecule has 0 unspecified atom stereocenters. The Labute approximate surface area is 114 Å². The van der Waals surface area contributed by atoms with Crippen molar-refractivity contribution in [1.29, 1.82) is 0 Å². The fraction of sp³-hybridized carbons (Fsp3) is 0.0714. The van der Waals surface area contributed by atoms with Gasteiger partial charge >= 0.3 is 0 Å². The van der Waals surface area contributed by atoms with Gasteiger partial charge in [-0.25, -0.2) is 4.39 Å². The van der Waals surface area contributed by atoms with E-state index in [0.29, 0.717) is 17.0 Å². The Morgan fingerprint density at radius 2 is 1.84 bits per heavy atom. The molecule has 0 heterocycles. The molecule has 0 saturated heterocycles. The van der Waals surface area contributed by atoms with Gasteiger partial charge in [-0.3, -0.25) is 4.79 Å². The van der Waals surface area contributed by atoms with Gasteiger partial charge in [0.15, 0.2) is 0 Å². The Kier molecular flexibility index (Phi) is 4.06. The number of halogens is 1. The van der Waals surface area contributed by atoms with Crippen molar-refractivity contribution in [3.8, 4) is 0 Å². The molecule has 0 fully saturated rings. The summed E-state index contributed by atoms with van der Waals surface area (Å²) in [6.45, 7) is 0. The fourth-order valence-electron chi connectivity index (χ4n) is 1.58. The van der Waals surface area contributed by atoms with E-state index in [4.69, 9.17) is 11.5 Å². The molecule has 0 bridgehead atoms. The lowest BCUT2D eigenvalue weighted by atomic mass is 10.1. The lowest BCUT2D eigenvalue weighted by Gasteiger charge is -2.06. The number of nitrogens with two attached hydrogens (primary N) is 2. The van der Waals surface area contributed by atoms with Crippen molar-refractivity contribution in [2.24, 2.45) is 5.73 Å². The molecule has 0 radical (unpaired) electrons. The number of carbonyl (C=O) groups excluding carboxylic acids is 1. The van der Waals surface area contributed by atoms with Crippen molar-refractivity contribution in [2.45, 2.75) is 10.6 Å². The zero-order chi connectivity index (χ0) is 13.8. The first kappa shape index (κ1) is 13.4. The quantitative estimate of drug-likeness (QED) is 0.666. The number of rotatable bonds is 4. The van der Waals surface area contributed by atoms with E-state index in [1.165, 1.54) is 23.9 Å². The molecule has 0 atom stereocenters. The van der Waals surface area contributed by atoms with E-state index >= 15 is 0 Å². The number of hydrogen-bond acceptors (Lipinski definition) is 3. The summed E-state index contributed by atoms with van der Waals surface area (Å²) in [5.74, 6) is -0.0934. The van der Waals surface area contributed by atoms with Crippen LogP contribution in [0.15, 0.2) is 47.4 Å². The molecule has 0 spiro atoms. The van der Waals surface area contributed by atoms with E-state index in [1.54, 1.807) is 18.2 Å². The van der Waals surface area contributed by atoms with Gasteiger partial charge in [0.25, 0.3) is 0 Å². The average molecular weight is 276 g/mol. The van der Waals surface area contributed by atoms with Crippen molar-refractivity contribution in [2.75, 3.05) is 5.73 Å². The summed E-state index contributed by atoms with van der Waals surface area (Å²) in [4.78, 5) is 11.8. The SMILES string of the molecule is NC(=O)c1ccc(CSc2ccc(F)cc2N)cc1. The van der Waals surface area contributed by atoms with Gasteiger partial charge in [-0.2, -0.15) is 0 Å². The van der Waals surface area contributed by atoms with Crippen LogP contribution in [0, 0.1) is 5.82 Å². The fourth-order valence-corrected chi connectivity index (χ4v) is 2.48. The van der Waals surface area contributed by atoms with E-state index in [-0.39, 0.29) is 5.82 Å². The number of benzene rings is 2. The van der Waals surface area contributed by atoms with E-state index in [9.17, 15) is 9.18 Å². The van der Waals surface area contributed by atoms with E-state index in [1.807, 2.05) is 12.1 Å². The van der Waals surface area contributed by atoms with Gasteiger partial charge in [0.2, 0.25) is 5.91 Å². The normalized spacial score (nSPS) is 10.4. The predicted molar refractivity (Wildman–Crippen MR) is 75.3 cm³/mol. The van der Waals surface area contributed by atoms with E-state index < -0.39 is 5.91 Å². The van der Waals surface area contributed by atoms with Crippen molar-refractivity contribution in [3.05, 3.63) is 59.4 Å². The largest absolute Gasteiger partial charge is 0.398 e. The minimum Gasteiger partial charge on any atom is -0.398 e. The summed E-state index contributed by atoms with van der Waals surface area (Å²) in [6.07, 6.45) is 0. The molecule has 1 amide bonds. The first-order chi connectivity index (χ1) is 9.06. The number of primary amides is 1. The van der Waals surface area contributed by atoms with Gasteiger partial charge in [0, 0.05) is 21.9 Å². The Morgan fingerprint density at radius 1 is 1.16 bits per heavy atom. The zero-order valence-corrected chi connectivity index (χ0v) is 10.9. The second-order valence-corrected chi connectivity index (χ2v) is 5.05. The number of nitrogen functional groups attached to an aromatic ring is 1. The summed E-state index contributed by atoms with van der Waals surface area (Å²) in [5, 5.41) is 0. The third-order valence-electron chi connectivity index (χ3n) is 2.60. The van der Waals surface area contributed by atoms with Crippen LogP contribution < -0.4 is 11.5 Å². The summed E-state index contributed by atoms with van der Waals surface area (Å²) in [6, 6.07) is 11.4. The van der Waals surface area contributed by atoms with Crippen LogP contribution in [-0.4, -0.2) is 5.91 Å². The molecule has 5 heteroatoms. The zero-order valence-electron chi connectivity index (χ0n) is 10.1. The molecule has 98 valence electrons. The minimum atomic E-state index is -0.443. The molecule has 0 aliphatic rings. The van der Waals surface area contributed by atoms with Gasteiger partial charge in [-0.1, -0.05) is 12.1 Å². The van der Waals surface area contributed by atoms with Gasteiger partial charge in [-0.15, -0.1) is 11.8 Å². The number of amides is 1. The molecule has 2 aromatic carbocycles. The maximum atomic E-state index is 12.9. The molecule has 0 saturated carbocycles. The molecular formula is C14H13FN2OS. The molecule has 3 nitrogen and oxygen atoms in total. The van der Waals surface area contributed by atoms with Crippen LogP contribution in [0.4, 0.5) is 10.1 Å². The molecule has 2 rings (SSSR count). The van der Waals surface area contributed by atoms with Crippen molar-refractivity contribution < 1.29 is 9.18 Å². The van der Waals surface area contributed by atoms with Crippen LogP contribution >= 0.6 is 11.8 Å². The van der Waals surface area contributed by atoms with Crippen LogP contribution in [-0.2, 0) is 5.75 Å². The second kappa shape index (κ2) is 5.75. The summed E-state index contributed by atoms with van der Waals surface area (Å²) >= 11 is 1.52. The molecule has 2 aromatic rings.